The van der Waals surface area contributed by atoms with Crippen molar-refractivity contribution in [2.45, 2.75) is 39.7 Å². The summed E-state index contributed by atoms with van der Waals surface area (Å²) in [6.07, 6.45) is 3.59. The van der Waals surface area contributed by atoms with Crippen LogP contribution in [0.5, 0.6) is 0 Å². The molecule has 1 saturated carbocycles. The lowest BCUT2D eigenvalue weighted by atomic mass is 9.85. The van der Waals surface area contributed by atoms with Crippen molar-refractivity contribution in [3.05, 3.63) is 65.0 Å². The summed E-state index contributed by atoms with van der Waals surface area (Å²) in [4.78, 5) is 31.4. The second kappa shape index (κ2) is 8.80. The monoisotopic (exact) mass is 366 g/mol. The number of aryl methyl sites for hydroxylation is 1. The van der Waals surface area contributed by atoms with Crippen molar-refractivity contribution in [2.75, 3.05) is 13.2 Å². The fourth-order valence-corrected chi connectivity index (χ4v) is 3.28. The standard InChI is InChI=1S/C22H26N2O3/c1-3-27-22(26)19-12-13-20(23-16(19)2)21(25)24(15-18-10-7-11-18)14-17-8-5-4-6-9-17/h4-6,8-9,12-13,18H,3,7,10-11,14-15H2,1-2H3. The summed E-state index contributed by atoms with van der Waals surface area (Å²) >= 11 is 0. The van der Waals surface area contributed by atoms with E-state index < -0.39 is 5.97 Å². The summed E-state index contributed by atoms with van der Waals surface area (Å²) in [7, 11) is 0. The average molecular weight is 366 g/mol. The number of carbonyl (C=O) groups is 2. The number of carbonyl (C=O) groups excluding carboxylic acids is 2. The van der Waals surface area contributed by atoms with Crippen LogP contribution in [0, 0.1) is 12.8 Å². The first-order valence-corrected chi connectivity index (χ1v) is 9.56. The van der Waals surface area contributed by atoms with E-state index in [0.717, 1.165) is 12.1 Å². The molecule has 1 aliphatic rings. The van der Waals surface area contributed by atoms with E-state index in [0.29, 0.717) is 36.0 Å². The van der Waals surface area contributed by atoms with E-state index in [-0.39, 0.29) is 5.91 Å². The number of nitrogens with zero attached hydrogens (tertiary/aromatic N) is 2. The first-order valence-electron chi connectivity index (χ1n) is 9.56. The molecule has 1 fully saturated rings. The van der Waals surface area contributed by atoms with Crippen LogP contribution in [-0.4, -0.2) is 34.9 Å². The highest BCUT2D eigenvalue weighted by molar-refractivity contribution is 5.95. The van der Waals surface area contributed by atoms with Gasteiger partial charge in [-0.3, -0.25) is 4.79 Å². The molecule has 0 unspecified atom stereocenters. The van der Waals surface area contributed by atoms with Gasteiger partial charge < -0.3 is 9.64 Å². The zero-order chi connectivity index (χ0) is 19.2. The summed E-state index contributed by atoms with van der Waals surface area (Å²) < 4.78 is 5.04. The van der Waals surface area contributed by atoms with Crippen molar-refractivity contribution in [1.82, 2.24) is 9.88 Å². The molecule has 1 aromatic heterocycles. The van der Waals surface area contributed by atoms with Crippen LogP contribution in [0.1, 0.15) is 58.3 Å². The van der Waals surface area contributed by atoms with E-state index in [9.17, 15) is 9.59 Å². The second-order valence-electron chi connectivity index (χ2n) is 7.02. The fourth-order valence-electron chi connectivity index (χ4n) is 3.28. The zero-order valence-corrected chi connectivity index (χ0v) is 16.0. The summed E-state index contributed by atoms with van der Waals surface area (Å²) in [6, 6.07) is 13.3. The van der Waals surface area contributed by atoms with Crippen molar-refractivity contribution in [2.24, 2.45) is 5.92 Å². The van der Waals surface area contributed by atoms with Crippen LogP contribution in [0.15, 0.2) is 42.5 Å². The van der Waals surface area contributed by atoms with E-state index in [1.807, 2.05) is 35.2 Å². The van der Waals surface area contributed by atoms with Gasteiger partial charge in [-0.1, -0.05) is 36.8 Å². The topological polar surface area (TPSA) is 59.5 Å². The van der Waals surface area contributed by atoms with Gasteiger partial charge in [0.15, 0.2) is 0 Å². The largest absolute Gasteiger partial charge is 0.462 e. The number of rotatable bonds is 7. The highest BCUT2D eigenvalue weighted by Gasteiger charge is 2.26. The summed E-state index contributed by atoms with van der Waals surface area (Å²) in [6.45, 7) is 5.12. The third-order valence-electron chi connectivity index (χ3n) is 5.01. The Morgan fingerprint density at radius 3 is 2.48 bits per heavy atom. The molecule has 0 atom stereocenters. The van der Waals surface area contributed by atoms with Crippen LogP contribution >= 0.6 is 0 Å². The molecule has 27 heavy (non-hydrogen) atoms. The number of amides is 1. The quantitative estimate of drug-likeness (QED) is 0.695. The van der Waals surface area contributed by atoms with Gasteiger partial charge in [0.05, 0.1) is 17.9 Å². The Balaban J connectivity index is 1.80. The van der Waals surface area contributed by atoms with Crippen molar-refractivity contribution < 1.29 is 14.3 Å². The van der Waals surface area contributed by atoms with Gasteiger partial charge in [0.2, 0.25) is 0 Å². The molecule has 3 rings (SSSR count). The fraction of sp³-hybridized carbons (Fsp3) is 0.409. The molecular weight excluding hydrogens is 340 g/mol. The Hall–Kier alpha value is -2.69. The molecule has 0 aliphatic heterocycles. The van der Waals surface area contributed by atoms with Gasteiger partial charge in [-0.25, -0.2) is 9.78 Å². The first-order chi connectivity index (χ1) is 13.1. The summed E-state index contributed by atoms with van der Waals surface area (Å²) in [5.41, 5.74) is 2.39. The molecule has 142 valence electrons. The lowest BCUT2D eigenvalue weighted by Gasteiger charge is -2.32. The number of hydrogen-bond acceptors (Lipinski definition) is 4. The van der Waals surface area contributed by atoms with Gasteiger partial charge in [0, 0.05) is 13.1 Å². The van der Waals surface area contributed by atoms with Crippen LogP contribution in [0.4, 0.5) is 0 Å². The SMILES string of the molecule is CCOC(=O)c1ccc(C(=O)N(Cc2ccccc2)CC2CCC2)nc1C. The third-order valence-corrected chi connectivity index (χ3v) is 5.01. The second-order valence-corrected chi connectivity index (χ2v) is 7.02. The molecule has 0 saturated heterocycles. The normalized spacial score (nSPS) is 13.7. The molecule has 0 spiro atoms. The van der Waals surface area contributed by atoms with Crippen molar-refractivity contribution in [3.8, 4) is 0 Å². The average Bonchev–Trinajstić information content (AvgIpc) is 2.64. The van der Waals surface area contributed by atoms with Crippen molar-refractivity contribution in [1.29, 1.82) is 0 Å². The molecule has 1 aromatic carbocycles. The molecule has 5 nitrogen and oxygen atoms in total. The van der Waals surface area contributed by atoms with Crippen LogP contribution < -0.4 is 0 Å². The van der Waals surface area contributed by atoms with Crippen LogP contribution in [0.3, 0.4) is 0 Å². The Labute approximate surface area is 160 Å². The van der Waals surface area contributed by atoms with Gasteiger partial charge in [0.1, 0.15) is 5.69 Å². The maximum atomic E-state index is 13.1. The number of esters is 1. The highest BCUT2D eigenvalue weighted by atomic mass is 16.5. The molecule has 1 amide bonds. The number of aromatic nitrogens is 1. The van der Waals surface area contributed by atoms with Gasteiger partial charge in [-0.2, -0.15) is 0 Å². The predicted molar refractivity (Wildman–Crippen MR) is 103 cm³/mol. The summed E-state index contributed by atoms with van der Waals surface area (Å²) in [5, 5.41) is 0. The lowest BCUT2D eigenvalue weighted by Crippen LogP contribution is -2.37. The first kappa shape index (κ1) is 19.1. The van der Waals surface area contributed by atoms with Crippen LogP contribution in [0.25, 0.3) is 0 Å². The zero-order valence-electron chi connectivity index (χ0n) is 16.0. The van der Waals surface area contributed by atoms with Gasteiger partial charge in [-0.05, 0) is 50.3 Å². The molecule has 5 heteroatoms. The number of hydrogen-bond donors (Lipinski definition) is 0. The van der Waals surface area contributed by atoms with Gasteiger partial charge >= 0.3 is 5.97 Å². The molecular formula is C22H26N2O3. The highest BCUT2D eigenvalue weighted by Crippen LogP contribution is 2.28. The van der Waals surface area contributed by atoms with E-state index in [4.69, 9.17) is 4.74 Å². The Morgan fingerprint density at radius 1 is 1.15 bits per heavy atom. The molecule has 2 aromatic rings. The van der Waals surface area contributed by atoms with Crippen LogP contribution in [-0.2, 0) is 11.3 Å². The van der Waals surface area contributed by atoms with Crippen molar-refractivity contribution >= 4 is 11.9 Å². The van der Waals surface area contributed by atoms with E-state index >= 15 is 0 Å². The maximum absolute atomic E-state index is 13.1. The molecule has 0 bridgehead atoms. The predicted octanol–water partition coefficient (Wildman–Crippen LogP) is 4.01. The molecule has 0 radical (unpaired) electrons. The minimum absolute atomic E-state index is 0.0933. The van der Waals surface area contributed by atoms with Gasteiger partial charge in [-0.15, -0.1) is 0 Å². The minimum Gasteiger partial charge on any atom is -0.462 e. The molecule has 1 aliphatic carbocycles. The number of benzene rings is 1. The van der Waals surface area contributed by atoms with E-state index in [1.54, 1.807) is 26.0 Å². The van der Waals surface area contributed by atoms with E-state index in [2.05, 4.69) is 4.98 Å². The van der Waals surface area contributed by atoms with Gasteiger partial charge in [0.25, 0.3) is 5.91 Å². The smallest absolute Gasteiger partial charge is 0.339 e. The third kappa shape index (κ3) is 4.73. The molecule has 1 heterocycles. The Bertz CT molecular complexity index is 800. The summed E-state index contributed by atoms with van der Waals surface area (Å²) in [5.74, 6) is 0.0685. The molecule has 0 N–H and O–H groups in total. The van der Waals surface area contributed by atoms with Crippen molar-refractivity contribution in [3.63, 3.8) is 0 Å². The number of pyridine rings is 1. The Kier molecular flexibility index (Phi) is 6.22. The lowest BCUT2D eigenvalue weighted by molar-refractivity contribution is 0.0523. The Morgan fingerprint density at radius 2 is 1.89 bits per heavy atom. The maximum Gasteiger partial charge on any atom is 0.339 e. The van der Waals surface area contributed by atoms with Crippen LogP contribution in [0.2, 0.25) is 0 Å². The number of ether oxygens (including phenoxy) is 1. The minimum atomic E-state index is -0.405. The van der Waals surface area contributed by atoms with E-state index in [1.165, 1.54) is 19.3 Å².